The lowest BCUT2D eigenvalue weighted by molar-refractivity contribution is 0.0706. The highest BCUT2D eigenvalue weighted by Gasteiger charge is 2.09. The van der Waals surface area contributed by atoms with E-state index in [0.29, 0.717) is 18.1 Å². The Morgan fingerprint density at radius 2 is 1.88 bits per heavy atom. The second-order valence-electron chi connectivity index (χ2n) is 4.06. The van der Waals surface area contributed by atoms with Gasteiger partial charge in [0.1, 0.15) is 6.61 Å². The summed E-state index contributed by atoms with van der Waals surface area (Å²) >= 11 is 0. The number of methoxy groups -OCH3 is 2. The molecule has 0 saturated carbocycles. The summed E-state index contributed by atoms with van der Waals surface area (Å²) in [5.41, 5.74) is 6.84. The molecule has 0 spiro atoms. The molecule has 0 bridgehead atoms. The summed E-state index contributed by atoms with van der Waals surface area (Å²) in [6.45, 7) is 4.37. The first kappa shape index (κ1) is 13.8. The zero-order chi connectivity index (χ0) is 12.8. The first-order chi connectivity index (χ1) is 8.08. The standard InChI is InChI=1S/C13H21NO3/c1-9(15-3)8-17-12-6-5-11(10(2)14)7-13(12)16-4/h5-7,9-10H,8,14H2,1-4H3. The summed E-state index contributed by atoms with van der Waals surface area (Å²) in [7, 11) is 3.28. The second kappa shape index (κ2) is 6.47. The lowest BCUT2D eigenvalue weighted by Gasteiger charge is -2.15. The third kappa shape index (κ3) is 3.91. The molecule has 1 aromatic rings. The molecule has 0 aromatic heterocycles. The van der Waals surface area contributed by atoms with Crippen LogP contribution in [0.25, 0.3) is 0 Å². The third-order valence-electron chi connectivity index (χ3n) is 2.59. The van der Waals surface area contributed by atoms with Gasteiger partial charge >= 0.3 is 0 Å². The number of nitrogens with two attached hydrogens (primary N) is 1. The van der Waals surface area contributed by atoms with E-state index in [2.05, 4.69) is 0 Å². The van der Waals surface area contributed by atoms with Crippen molar-refractivity contribution in [2.75, 3.05) is 20.8 Å². The Morgan fingerprint density at radius 1 is 1.18 bits per heavy atom. The topological polar surface area (TPSA) is 53.7 Å². The molecule has 2 atom stereocenters. The first-order valence-electron chi connectivity index (χ1n) is 5.67. The van der Waals surface area contributed by atoms with Crippen molar-refractivity contribution in [3.05, 3.63) is 23.8 Å². The Hall–Kier alpha value is -1.26. The Bertz CT molecular complexity index is 353. The van der Waals surface area contributed by atoms with Gasteiger partial charge in [-0.2, -0.15) is 0 Å². The average molecular weight is 239 g/mol. The maximum atomic E-state index is 5.81. The van der Waals surface area contributed by atoms with Crippen molar-refractivity contribution in [2.45, 2.75) is 26.0 Å². The molecule has 0 aliphatic heterocycles. The van der Waals surface area contributed by atoms with Gasteiger partial charge in [0.2, 0.25) is 0 Å². The smallest absolute Gasteiger partial charge is 0.161 e. The van der Waals surface area contributed by atoms with Gasteiger partial charge in [-0.1, -0.05) is 6.07 Å². The van der Waals surface area contributed by atoms with Crippen molar-refractivity contribution in [3.8, 4) is 11.5 Å². The summed E-state index contributed by atoms with van der Waals surface area (Å²) in [4.78, 5) is 0. The van der Waals surface area contributed by atoms with E-state index in [9.17, 15) is 0 Å². The molecular weight excluding hydrogens is 218 g/mol. The molecule has 0 saturated heterocycles. The lowest BCUT2D eigenvalue weighted by atomic mass is 10.1. The van der Waals surface area contributed by atoms with Crippen LogP contribution in [0.15, 0.2) is 18.2 Å². The summed E-state index contributed by atoms with van der Waals surface area (Å²) in [6, 6.07) is 5.70. The maximum Gasteiger partial charge on any atom is 0.161 e. The quantitative estimate of drug-likeness (QED) is 0.826. The van der Waals surface area contributed by atoms with E-state index in [-0.39, 0.29) is 12.1 Å². The van der Waals surface area contributed by atoms with Gasteiger partial charge in [0.15, 0.2) is 11.5 Å². The molecule has 2 unspecified atom stereocenters. The van der Waals surface area contributed by atoms with E-state index in [4.69, 9.17) is 19.9 Å². The summed E-state index contributed by atoms with van der Waals surface area (Å²) in [5, 5.41) is 0. The highest BCUT2D eigenvalue weighted by molar-refractivity contribution is 5.43. The van der Waals surface area contributed by atoms with E-state index in [1.807, 2.05) is 32.0 Å². The van der Waals surface area contributed by atoms with Crippen LogP contribution >= 0.6 is 0 Å². The molecule has 0 amide bonds. The average Bonchev–Trinajstić information content (AvgIpc) is 2.35. The second-order valence-corrected chi connectivity index (χ2v) is 4.06. The number of benzene rings is 1. The first-order valence-corrected chi connectivity index (χ1v) is 5.67. The van der Waals surface area contributed by atoms with Crippen molar-refractivity contribution in [3.63, 3.8) is 0 Å². The van der Waals surface area contributed by atoms with Crippen molar-refractivity contribution in [1.82, 2.24) is 0 Å². The van der Waals surface area contributed by atoms with Crippen molar-refractivity contribution in [1.29, 1.82) is 0 Å². The Kier molecular flexibility index (Phi) is 5.25. The molecule has 0 radical (unpaired) electrons. The summed E-state index contributed by atoms with van der Waals surface area (Å²) in [6.07, 6.45) is 0.0489. The summed E-state index contributed by atoms with van der Waals surface area (Å²) in [5.74, 6) is 1.41. The maximum absolute atomic E-state index is 5.81. The largest absolute Gasteiger partial charge is 0.493 e. The van der Waals surface area contributed by atoms with E-state index in [1.165, 1.54) is 0 Å². The zero-order valence-electron chi connectivity index (χ0n) is 10.9. The van der Waals surface area contributed by atoms with Crippen LogP contribution in [0.3, 0.4) is 0 Å². The van der Waals surface area contributed by atoms with E-state index >= 15 is 0 Å². The number of hydrogen-bond donors (Lipinski definition) is 1. The fourth-order valence-corrected chi connectivity index (χ4v) is 1.36. The Labute approximate surface area is 103 Å². The van der Waals surface area contributed by atoms with Gasteiger partial charge in [-0.15, -0.1) is 0 Å². The van der Waals surface area contributed by atoms with Crippen molar-refractivity contribution < 1.29 is 14.2 Å². The molecule has 0 fully saturated rings. The fourth-order valence-electron chi connectivity index (χ4n) is 1.36. The highest BCUT2D eigenvalue weighted by atomic mass is 16.5. The Morgan fingerprint density at radius 3 is 2.41 bits per heavy atom. The number of ether oxygens (including phenoxy) is 3. The minimum atomic E-state index is -0.0177. The van der Waals surface area contributed by atoms with Crippen LogP contribution in [0.1, 0.15) is 25.5 Å². The number of hydrogen-bond acceptors (Lipinski definition) is 4. The number of rotatable bonds is 6. The van der Waals surface area contributed by atoms with Crippen molar-refractivity contribution >= 4 is 0 Å². The zero-order valence-corrected chi connectivity index (χ0v) is 10.9. The van der Waals surface area contributed by atoms with E-state index in [0.717, 1.165) is 5.56 Å². The van der Waals surface area contributed by atoms with Crippen LogP contribution in [0, 0.1) is 0 Å². The molecule has 1 aromatic carbocycles. The molecule has 96 valence electrons. The molecule has 17 heavy (non-hydrogen) atoms. The Balaban J connectivity index is 2.78. The van der Waals surface area contributed by atoms with Gasteiger partial charge in [0.05, 0.1) is 13.2 Å². The van der Waals surface area contributed by atoms with Crippen LogP contribution in [-0.2, 0) is 4.74 Å². The molecule has 0 aliphatic carbocycles. The minimum absolute atomic E-state index is 0.0177. The predicted octanol–water partition coefficient (Wildman–Crippen LogP) is 2.13. The SMILES string of the molecule is COc1cc(C(C)N)ccc1OCC(C)OC. The molecule has 4 heteroatoms. The summed E-state index contributed by atoms with van der Waals surface area (Å²) < 4.78 is 16.0. The third-order valence-corrected chi connectivity index (χ3v) is 2.59. The van der Waals surface area contributed by atoms with Gasteiger partial charge in [-0.3, -0.25) is 0 Å². The molecule has 4 nitrogen and oxygen atoms in total. The molecule has 0 heterocycles. The van der Waals surface area contributed by atoms with Gasteiger partial charge < -0.3 is 19.9 Å². The van der Waals surface area contributed by atoms with Crippen LogP contribution < -0.4 is 15.2 Å². The normalized spacial score (nSPS) is 14.2. The molecular formula is C13H21NO3. The predicted molar refractivity (Wildman–Crippen MR) is 67.6 cm³/mol. The van der Waals surface area contributed by atoms with Gasteiger partial charge in [-0.05, 0) is 31.5 Å². The van der Waals surface area contributed by atoms with Crippen LogP contribution in [-0.4, -0.2) is 26.9 Å². The van der Waals surface area contributed by atoms with Crippen LogP contribution in [0.4, 0.5) is 0 Å². The molecule has 2 N–H and O–H groups in total. The van der Waals surface area contributed by atoms with Gasteiger partial charge in [-0.25, -0.2) is 0 Å². The molecule has 1 rings (SSSR count). The van der Waals surface area contributed by atoms with E-state index < -0.39 is 0 Å². The van der Waals surface area contributed by atoms with Crippen molar-refractivity contribution in [2.24, 2.45) is 5.73 Å². The van der Waals surface area contributed by atoms with Gasteiger partial charge in [0.25, 0.3) is 0 Å². The van der Waals surface area contributed by atoms with E-state index in [1.54, 1.807) is 14.2 Å². The lowest BCUT2D eigenvalue weighted by Crippen LogP contribution is -2.16. The van der Waals surface area contributed by atoms with Gasteiger partial charge in [0, 0.05) is 13.2 Å². The van der Waals surface area contributed by atoms with Crippen LogP contribution in [0.5, 0.6) is 11.5 Å². The monoisotopic (exact) mass is 239 g/mol. The minimum Gasteiger partial charge on any atom is -0.493 e. The van der Waals surface area contributed by atoms with Crippen LogP contribution in [0.2, 0.25) is 0 Å². The molecule has 0 aliphatic rings. The fraction of sp³-hybridized carbons (Fsp3) is 0.538. The highest BCUT2D eigenvalue weighted by Crippen LogP contribution is 2.29.